The van der Waals surface area contributed by atoms with Crippen LogP contribution in [-0.4, -0.2) is 25.5 Å². The Morgan fingerprint density at radius 2 is 1.88 bits per heavy atom. The number of nitrogens with one attached hydrogen (secondary N) is 1. The predicted octanol–water partition coefficient (Wildman–Crippen LogP) is 3.38. The molecule has 0 radical (unpaired) electrons. The summed E-state index contributed by atoms with van der Waals surface area (Å²) in [5.74, 6) is 0.252. The quantitative estimate of drug-likeness (QED) is 0.617. The van der Waals surface area contributed by atoms with Gasteiger partial charge in [0.2, 0.25) is 0 Å². The van der Waals surface area contributed by atoms with Crippen molar-refractivity contribution in [2.24, 2.45) is 7.05 Å². The lowest BCUT2D eigenvalue weighted by Gasteiger charge is -2.06. The number of aromatic nitrogens is 4. The monoisotopic (exact) mass is 345 g/mol. The fourth-order valence-corrected chi connectivity index (χ4v) is 2.97. The first-order valence-corrected chi connectivity index (χ1v) is 8.42. The van der Waals surface area contributed by atoms with Crippen molar-refractivity contribution in [1.82, 2.24) is 19.6 Å². The van der Waals surface area contributed by atoms with E-state index in [1.165, 1.54) is 16.3 Å². The Morgan fingerprint density at radius 3 is 2.69 bits per heavy atom. The lowest BCUT2D eigenvalue weighted by molar-refractivity contribution is 0.102. The number of carbonyl (C=O) groups is 1. The van der Waals surface area contributed by atoms with E-state index in [1.807, 2.05) is 43.0 Å². The van der Waals surface area contributed by atoms with Crippen LogP contribution in [0.1, 0.15) is 21.7 Å². The van der Waals surface area contributed by atoms with Crippen molar-refractivity contribution in [1.29, 1.82) is 0 Å². The molecule has 0 unspecified atom stereocenters. The first kappa shape index (κ1) is 16.1. The van der Waals surface area contributed by atoms with Gasteiger partial charge in [0, 0.05) is 25.0 Å². The van der Waals surface area contributed by atoms with E-state index in [0.717, 1.165) is 5.69 Å². The van der Waals surface area contributed by atoms with Crippen molar-refractivity contribution in [3.05, 3.63) is 77.7 Å². The summed E-state index contributed by atoms with van der Waals surface area (Å²) in [4.78, 5) is 12.3. The molecule has 4 rings (SSSR count). The van der Waals surface area contributed by atoms with E-state index in [2.05, 4.69) is 39.8 Å². The van der Waals surface area contributed by atoms with Gasteiger partial charge in [-0.1, -0.05) is 42.5 Å². The summed E-state index contributed by atoms with van der Waals surface area (Å²) >= 11 is 0. The molecule has 130 valence electrons. The number of hydrogen-bond donors (Lipinski definition) is 1. The van der Waals surface area contributed by atoms with Crippen LogP contribution in [0.25, 0.3) is 10.8 Å². The molecule has 26 heavy (non-hydrogen) atoms. The fraction of sp³-hybridized carbons (Fsp3) is 0.150. The third kappa shape index (κ3) is 3.09. The molecule has 0 spiro atoms. The van der Waals surface area contributed by atoms with Crippen LogP contribution >= 0.6 is 0 Å². The zero-order valence-corrected chi connectivity index (χ0v) is 14.7. The van der Waals surface area contributed by atoms with E-state index in [0.29, 0.717) is 18.1 Å². The summed E-state index contributed by atoms with van der Waals surface area (Å²) in [5, 5.41) is 13.9. The minimum Gasteiger partial charge on any atom is -0.304 e. The van der Waals surface area contributed by atoms with Crippen LogP contribution in [0.2, 0.25) is 0 Å². The molecule has 0 bridgehead atoms. The van der Waals surface area contributed by atoms with Gasteiger partial charge >= 0.3 is 0 Å². The van der Waals surface area contributed by atoms with Crippen LogP contribution in [0.3, 0.4) is 0 Å². The van der Waals surface area contributed by atoms with Gasteiger partial charge in [0.1, 0.15) is 0 Å². The molecule has 0 fully saturated rings. The van der Waals surface area contributed by atoms with Crippen molar-refractivity contribution >= 4 is 22.5 Å². The van der Waals surface area contributed by atoms with E-state index in [-0.39, 0.29) is 5.91 Å². The molecule has 0 saturated heterocycles. The minimum atomic E-state index is -0.260. The summed E-state index contributed by atoms with van der Waals surface area (Å²) in [6.07, 6.45) is 1.86. The molecule has 2 heterocycles. The van der Waals surface area contributed by atoms with Gasteiger partial charge in [0.05, 0.1) is 6.54 Å². The lowest BCUT2D eigenvalue weighted by atomic mass is 10.0. The molecule has 6 heteroatoms. The zero-order valence-electron chi connectivity index (χ0n) is 14.7. The molecule has 0 aliphatic carbocycles. The highest BCUT2D eigenvalue weighted by atomic mass is 16.2. The van der Waals surface area contributed by atoms with Crippen LogP contribution in [-0.2, 0) is 13.6 Å². The number of benzene rings is 2. The Labute approximate surface area is 151 Å². The van der Waals surface area contributed by atoms with Crippen LogP contribution < -0.4 is 5.32 Å². The Balaban J connectivity index is 1.52. The fourth-order valence-electron chi connectivity index (χ4n) is 2.97. The molecule has 2 aromatic carbocycles. The van der Waals surface area contributed by atoms with Crippen molar-refractivity contribution < 1.29 is 4.79 Å². The van der Waals surface area contributed by atoms with Crippen molar-refractivity contribution in [3.8, 4) is 0 Å². The van der Waals surface area contributed by atoms with E-state index in [1.54, 1.807) is 16.8 Å². The smallest absolute Gasteiger partial charge is 0.277 e. The molecule has 2 aromatic heterocycles. The first-order chi connectivity index (χ1) is 12.6. The van der Waals surface area contributed by atoms with Crippen LogP contribution in [0.5, 0.6) is 0 Å². The highest BCUT2D eigenvalue weighted by molar-refractivity contribution is 6.02. The number of hydrogen-bond acceptors (Lipinski definition) is 3. The lowest BCUT2D eigenvalue weighted by Crippen LogP contribution is -2.14. The third-order valence-electron chi connectivity index (χ3n) is 4.44. The topological polar surface area (TPSA) is 64.7 Å². The Bertz CT molecular complexity index is 1070. The average Bonchev–Trinajstić information content (AvgIpc) is 3.22. The maximum atomic E-state index is 12.3. The van der Waals surface area contributed by atoms with Gasteiger partial charge in [0.15, 0.2) is 11.5 Å². The van der Waals surface area contributed by atoms with E-state index < -0.39 is 0 Å². The van der Waals surface area contributed by atoms with Gasteiger partial charge in [-0.05, 0) is 29.3 Å². The number of carbonyl (C=O) groups excluding carboxylic acids is 1. The molecular formula is C20H19N5O. The number of aryl methyl sites for hydroxylation is 2. The molecule has 0 aliphatic heterocycles. The minimum absolute atomic E-state index is 0.260. The number of amides is 1. The summed E-state index contributed by atoms with van der Waals surface area (Å²) in [7, 11) is 1.81. The molecule has 0 aliphatic rings. The van der Waals surface area contributed by atoms with Gasteiger partial charge < -0.3 is 5.32 Å². The summed E-state index contributed by atoms with van der Waals surface area (Å²) in [5.41, 5.74) is 2.50. The maximum absolute atomic E-state index is 12.3. The average molecular weight is 345 g/mol. The van der Waals surface area contributed by atoms with Crippen LogP contribution in [0, 0.1) is 6.92 Å². The van der Waals surface area contributed by atoms with E-state index in [4.69, 9.17) is 0 Å². The molecule has 4 aromatic rings. The summed E-state index contributed by atoms with van der Waals surface area (Å²) in [6, 6.07) is 18.1. The Hall–Kier alpha value is -3.41. The van der Waals surface area contributed by atoms with Gasteiger partial charge in [-0.3, -0.25) is 14.2 Å². The normalized spacial score (nSPS) is 11.0. The second kappa shape index (κ2) is 6.48. The van der Waals surface area contributed by atoms with Crippen LogP contribution in [0.4, 0.5) is 5.82 Å². The maximum Gasteiger partial charge on any atom is 0.277 e. The second-order valence-corrected chi connectivity index (χ2v) is 6.29. The Morgan fingerprint density at radius 1 is 1.08 bits per heavy atom. The van der Waals surface area contributed by atoms with Gasteiger partial charge in [0.25, 0.3) is 5.91 Å². The molecule has 1 N–H and O–H groups in total. The van der Waals surface area contributed by atoms with Gasteiger partial charge in [-0.25, -0.2) is 0 Å². The van der Waals surface area contributed by atoms with E-state index >= 15 is 0 Å². The van der Waals surface area contributed by atoms with Gasteiger partial charge in [-0.2, -0.15) is 10.2 Å². The van der Waals surface area contributed by atoms with Crippen molar-refractivity contribution in [2.45, 2.75) is 13.5 Å². The molecular weight excluding hydrogens is 326 g/mol. The largest absolute Gasteiger partial charge is 0.304 e. The molecule has 0 saturated carbocycles. The Kier molecular flexibility index (Phi) is 4.01. The van der Waals surface area contributed by atoms with Gasteiger partial charge in [-0.15, -0.1) is 0 Å². The number of fused-ring (bicyclic) bond motifs is 1. The van der Waals surface area contributed by atoms with Crippen LogP contribution in [0.15, 0.2) is 60.8 Å². The summed E-state index contributed by atoms with van der Waals surface area (Å²) < 4.78 is 3.50. The summed E-state index contributed by atoms with van der Waals surface area (Å²) in [6.45, 7) is 2.54. The second-order valence-electron chi connectivity index (χ2n) is 6.29. The number of nitrogens with zero attached hydrogens (tertiary/aromatic N) is 4. The highest BCUT2D eigenvalue weighted by Crippen LogP contribution is 2.19. The molecule has 1 amide bonds. The van der Waals surface area contributed by atoms with Crippen molar-refractivity contribution in [2.75, 3.05) is 5.32 Å². The molecule has 0 atom stereocenters. The SMILES string of the molecule is Cc1cc(C(=O)Nc2ccn(Cc3cccc4ccccc34)n2)nn1C. The molecule has 6 nitrogen and oxygen atoms in total. The number of anilines is 1. The first-order valence-electron chi connectivity index (χ1n) is 8.42. The number of rotatable bonds is 4. The third-order valence-corrected chi connectivity index (χ3v) is 4.44. The van der Waals surface area contributed by atoms with Crippen molar-refractivity contribution in [3.63, 3.8) is 0 Å². The van der Waals surface area contributed by atoms with E-state index in [9.17, 15) is 4.79 Å². The standard InChI is InChI=1S/C20H19N5O/c1-14-12-18(22-24(14)2)20(26)21-19-10-11-25(23-19)13-16-8-5-7-15-6-3-4-9-17(15)16/h3-12H,13H2,1-2H3,(H,21,23,26). The zero-order chi connectivity index (χ0) is 18.1. The predicted molar refractivity (Wildman–Crippen MR) is 101 cm³/mol. The highest BCUT2D eigenvalue weighted by Gasteiger charge is 2.12.